The number of rotatable bonds is 3. The molecule has 2 nitrogen and oxygen atoms in total. The molecule has 82 valence electrons. The van der Waals surface area contributed by atoms with Crippen LogP contribution >= 0.6 is 0 Å². The number of nitrogens with one attached hydrogen (secondary N) is 1. The molecule has 0 aromatic rings. The predicted molar refractivity (Wildman–Crippen MR) is 60.5 cm³/mol. The van der Waals surface area contributed by atoms with Gasteiger partial charge in [-0.05, 0) is 38.1 Å². The second kappa shape index (κ2) is 4.63. The Bertz CT molecular complexity index is 167. The van der Waals surface area contributed by atoms with Crippen LogP contribution in [0, 0.1) is 5.92 Å². The van der Waals surface area contributed by atoms with E-state index in [2.05, 4.69) is 24.1 Å². The summed E-state index contributed by atoms with van der Waals surface area (Å²) >= 11 is 0. The summed E-state index contributed by atoms with van der Waals surface area (Å²) in [4.78, 5) is 2.69. The molecule has 1 N–H and O–H groups in total. The monoisotopic (exact) mass is 196 g/mol. The van der Waals surface area contributed by atoms with Gasteiger partial charge in [-0.2, -0.15) is 0 Å². The van der Waals surface area contributed by atoms with Gasteiger partial charge in [-0.1, -0.05) is 13.8 Å². The van der Waals surface area contributed by atoms with E-state index >= 15 is 0 Å². The fourth-order valence-electron chi connectivity index (χ4n) is 2.98. The van der Waals surface area contributed by atoms with Crippen LogP contribution in [0.1, 0.15) is 39.5 Å². The van der Waals surface area contributed by atoms with Crippen LogP contribution in [-0.2, 0) is 0 Å². The second-order valence-electron chi connectivity index (χ2n) is 5.12. The van der Waals surface area contributed by atoms with Crippen molar-refractivity contribution in [2.45, 2.75) is 51.6 Å². The lowest BCUT2D eigenvalue weighted by atomic mass is 9.87. The number of hydrogen-bond acceptors (Lipinski definition) is 2. The Morgan fingerprint density at radius 3 is 2.29 bits per heavy atom. The third-order valence-corrected chi connectivity index (χ3v) is 3.80. The van der Waals surface area contributed by atoms with Gasteiger partial charge in [0.15, 0.2) is 0 Å². The van der Waals surface area contributed by atoms with E-state index in [1.807, 2.05) is 0 Å². The minimum Gasteiger partial charge on any atom is -0.314 e. The highest BCUT2D eigenvalue weighted by molar-refractivity contribution is 4.88. The van der Waals surface area contributed by atoms with E-state index in [-0.39, 0.29) is 0 Å². The molecule has 0 bridgehead atoms. The van der Waals surface area contributed by atoms with Crippen LogP contribution in [0.15, 0.2) is 0 Å². The lowest BCUT2D eigenvalue weighted by Crippen LogP contribution is -2.53. The van der Waals surface area contributed by atoms with E-state index in [1.54, 1.807) is 0 Å². The number of hydrogen-bond donors (Lipinski definition) is 1. The minimum absolute atomic E-state index is 0.815. The average molecular weight is 196 g/mol. The third-order valence-electron chi connectivity index (χ3n) is 3.80. The second-order valence-corrected chi connectivity index (χ2v) is 5.12. The smallest absolute Gasteiger partial charge is 0.00966 e. The molecule has 14 heavy (non-hydrogen) atoms. The summed E-state index contributed by atoms with van der Waals surface area (Å²) in [6.07, 6.45) is 5.63. The summed E-state index contributed by atoms with van der Waals surface area (Å²) in [6, 6.07) is 1.73. The van der Waals surface area contributed by atoms with Crippen LogP contribution in [0.5, 0.6) is 0 Å². The van der Waals surface area contributed by atoms with Crippen LogP contribution in [0.25, 0.3) is 0 Å². The molecule has 0 unspecified atom stereocenters. The van der Waals surface area contributed by atoms with Gasteiger partial charge in [-0.3, -0.25) is 4.90 Å². The average Bonchev–Trinajstić information content (AvgIpc) is 2.15. The molecule has 2 fully saturated rings. The number of likely N-dealkylation sites (tertiary alicyclic amines) is 1. The van der Waals surface area contributed by atoms with E-state index in [0.717, 1.165) is 24.5 Å². The highest BCUT2D eigenvalue weighted by Crippen LogP contribution is 2.28. The van der Waals surface area contributed by atoms with Gasteiger partial charge < -0.3 is 5.32 Å². The standard InChI is InChI=1S/C12H24N2/c1-3-13-11-4-6-12(7-5-11)14-8-10(2)9-14/h10-13H,3-9H2,1-2H3. The summed E-state index contributed by atoms with van der Waals surface area (Å²) in [5, 5.41) is 3.57. The zero-order chi connectivity index (χ0) is 9.97. The molecule has 2 aliphatic rings. The lowest BCUT2D eigenvalue weighted by Gasteiger charge is -2.45. The molecular formula is C12H24N2. The van der Waals surface area contributed by atoms with Crippen LogP contribution in [0.4, 0.5) is 0 Å². The largest absolute Gasteiger partial charge is 0.314 e. The summed E-state index contributed by atoms with van der Waals surface area (Å²) in [5.74, 6) is 0.960. The van der Waals surface area contributed by atoms with Crippen LogP contribution in [0.3, 0.4) is 0 Å². The molecule has 0 aromatic heterocycles. The van der Waals surface area contributed by atoms with Crippen molar-refractivity contribution in [1.29, 1.82) is 0 Å². The Balaban J connectivity index is 1.68. The molecule has 0 radical (unpaired) electrons. The summed E-state index contributed by atoms with van der Waals surface area (Å²) in [5.41, 5.74) is 0. The van der Waals surface area contributed by atoms with Crippen LogP contribution < -0.4 is 5.32 Å². The Morgan fingerprint density at radius 1 is 1.14 bits per heavy atom. The van der Waals surface area contributed by atoms with Gasteiger partial charge >= 0.3 is 0 Å². The van der Waals surface area contributed by atoms with Gasteiger partial charge in [0, 0.05) is 25.2 Å². The Kier molecular flexibility index (Phi) is 3.45. The van der Waals surface area contributed by atoms with Crippen molar-refractivity contribution in [2.24, 2.45) is 5.92 Å². The topological polar surface area (TPSA) is 15.3 Å². The van der Waals surface area contributed by atoms with E-state index in [4.69, 9.17) is 0 Å². The van der Waals surface area contributed by atoms with Crippen molar-refractivity contribution in [3.63, 3.8) is 0 Å². The van der Waals surface area contributed by atoms with Crippen molar-refractivity contribution in [2.75, 3.05) is 19.6 Å². The normalized spacial score (nSPS) is 35.6. The lowest BCUT2D eigenvalue weighted by molar-refractivity contribution is 0.0394. The van der Waals surface area contributed by atoms with E-state index in [1.165, 1.54) is 38.8 Å². The molecule has 1 saturated carbocycles. The Morgan fingerprint density at radius 2 is 1.79 bits per heavy atom. The van der Waals surface area contributed by atoms with E-state index < -0.39 is 0 Å². The van der Waals surface area contributed by atoms with Gasteiger partial charge in [-0.15, -0.1) is 0 Å². The molecule has 0 amide bonds. The summed E-state index contributed by atoms with van der Waals surface area (Å²) < 4.78 is 0. The molecule has 2 rings (SSSR count). The van der Waals surface area contributed by atoms with Gasteiger partial charge in [-0.25, -0.2) is 0 Å². The summed E-state index contributed by atoms with van der Waals surface area (Å²) in [7, 11) is 0. The molecule has 0 aromatic carbocycles. The van der Waals surface area contributed by atoms with Crippen molar-refractivity contribution in [1.82, 2.24) is 10.2 Å². The first kappa shape index (κ1) is 10.4. The Labute approximate surface area is 88.1 Å². The molecule has 1 aliphatic carbocycles. The minimum atomic E-state index is 0.815. The molecule has 1 heterocycles. The fourth-order valence-corrected chi connectivity index (χ4v) is 2.98. The quantitative estimate of drug-likeness (QED) is 0.741. The molecular weight excluding hydrogens is 172 g/mol. The van der Waals surface area contributed by atoms with Gasteiger partial charge in [0.1, 0.15) is 0 Å². The molecule has 0 atom stereocenters. The Hall–Kier alpha value is -0.0800. The first-order valence-corrected chi connectivity index (χ1v) is 6.27. The van der Waals surface area contributed by atoms with Gasteiger partial charge in [0.25, 0.3) is 0 Å². The zero-order valence-corrected chi connectivity index (χ0v) is 9.63. The van der Waals surface area contributed by atoms with Crippen molar-refractivity contribution in [3.05, 3.63) is 0 Å². The molecule has 0 spiro atoms. The number of nitrogens with zero attached hydrogens (tertiary/aromatic N) is 1. The van der Waals surface area contributed by atoms with Crippen molar-refractivity contribution in [3.8, 4) is 0 Å². The maximum Gasteiger partial charge on any atom is 0.00966 e. The van der Waals surface area contributed by atoms with Crippen LogP contribution in [0.2, 0.25) is 0 Å². The first-order valence-electron chi connectivity index (χ1n) is 6.27. The first-order chi connectivity index (χ1) is 6.79. The molecule has 1 aliphatic heterocycles. The van der Waals surface area contributed by atoms with E-state index in [0.29, 0.717) is 0 Å². The zero-order valence-electron chi connectivity index (χ0n) is 9.63. The van der Waals surface area contributed by atoms with Crippen molar-refractivity contribution >= 4 is 0 Å². The molecule has 2 heteroatoms. The fraction of sp³-hybridized carbons (Fsp3) is 1.00. The van der Waals surface area contributed by atoms with E-state index in [9.17, 15) is 0 Å². The maximum absolute atomic E-state index is 3.57. The third kappa shape index (κ3) is 2.29. The van der Waals surface area contributed by atoms with Crippen molar-refractivity contribution < 1.29 is 0 Å². The highest BCUT2D eigenvalue weighted by Gasteiger charge is 2.31. The van der Waals surface area contributed by atoms with Gasteiger partial charge in [0.05, 0.1) is 0 Å². The van der Waals surface area contributed by atoms with Gasteiger partial charge in [0.2, 0.25) is 0 Å². The summed E-state index contributed by atoms with van der Waals surface area (Å²) in [6.45, 7) is 8.42. The SMILES string of the molecule is CCNC1CCC(N2CC(C)C2)CC1. The maximum atomic E-state index is 3.57. The predicted octanol–water partition coefficient (Wildman–Crippen LogP) is 1.86. The molecule has 1 saturated heterocycles. The highest BCUT2D eigenvalue weighted by atomic mass is 15.2. The van der Waals surface area contributed by atoms with Crippen LogP contribution in [-0.4, -0.2) is 36.6 Å².